The Labute approximate surface area is 78.7 Å². The molecule has 2 nitrogen and oxygen atoms in total. The number of hydrogen-bond acceptors (Lipinski definition) is 1. The minimum absolute atomic E-state index is 0.500. The standard InChI is InChI=1S/C11H16N2/c1-4-10-5-6-13-11(10)8-12-7-9(2)3/h4-9,13H,1-3H3/b10-4-,11-8+,12-7-. The van der Waals surface area contributed by atoms with Gasteiger partial charge in [-0.3, -0.25) is 4.99 Å². The van der Waals surface area contributed by atoms with Crippen LogP contribution < -0.4 is 10.6 Å². The highest BCUT2D eigenvalue weighted by Crippen LogP contribution is 1.84. The van der Waals surface area contributed by atoms with E-state index in [2.05, 4.69) is 29.9 Å². The molecule has 2 heteroatoms. The first kappa shape index (κ1) is 9.78. The van der Waals surface area contributed by atoms with Crippen LogP contribution in [0, 0.1) is 5.92 Å². The lowest BCUT2D eigenvalue weighted by atomic mass is 10.2. The van der Waals surface area contributed by atoms with Gasteiger partial charge in [-0.05, 0) is 24.1 Å². The monoisotopic (exact) mass is 176 g/mol. The smallest absolute Gasteiger partial charge is 0.0636 e. The largest absolute Gasteiger partial charge is 0.360 e. The summed E-state index contributed by atoms with van der Waals surface area (Å²) in [7, 11) is 0. The number of rotatable bonds is 2. The van der Waals surface area contributed by atoms with E-state index in [0.717, 1.165) is 5.35 Å². The number of hydrogen-bond donors (Lipinski definition) is 1. The summed E-state index contributed by atoms with van der Waals surface area (Å²) in [6, 6.07) is 2.04. The maximum absolute atomic E-state index is 4.22. The third-order valence-electron chi connectivity index (χ3n) is 1.71. The van der Waals surface area contributed by atoms with E-state index in [1.54, 1.807) is 0 Å². The van der Waals surface area contributed by atoms with E-state index in [1.807, 2.05) is 31.6 Å². The second-order valence-corrected chi connectivity index (χ2v) is 3.31. The maximum Gasteiger partial charge on any atom is 0.0636 e. The Morgan fingerprint density at radius 2 is 2.23 bits per heavy atom. The molecule has 0 aliphatic heterocycles. The SMILES string of the molecule is C/C=c1/cc[nH]/c1=C/N=C\C(C)C. The van der Waals surface area contributed by atoms with E-state index in [-0.39, 0.29) is 0 Å². The summed E-state index contributed by atoms with van der Waals surface area (Å²) in [5, 5.41) is 2.26. The van der Waals surface area contributed by atoms with Gasteiger partial charge in [0.1, 0.15) is 0 Å². The molecule has 0 bridgehead atoms. The predicted molar refractivity (Wildman–Crippen MR) is 58.0 cm³/mol. The van der Waals surface area contributed by atoms with E-state index >= 15 is 0 Å². The fourth-order valence-electron chi connectivity index (χ4n) is 1.05. The van der Waals surface area contributed by atoms with Crippen LogP contribution in [0.3, 0.4) is 0 Å². The molecule has 0 saturated heterocycles. The van der Waals surface area contributed by atoms with Crippen LogP contribution in [0.5, 0.6) is 0 Å². The van der Waals surface area contributed by atoms with Crippen molar-refractivity contribution in [2.24, 2.45) is 10.9 Å². The van der Waals surface area contributed by atoms with Gasteiger partial charge >= 0.3 is 0 Å². The zero-order chi connectivity index (χ0) is 9.68. The number of aromatic amines is 1. The maximum atomic E-state index is 4.22. The van der Waals surface area contributed by atoms with Crippen molar-refractivity contribution in [2.45, 2.75) is 20.8 Å². The summed E-state index contributed by atoms with van der Waals surface area (Å²) in [5.41, 5.74) is 0. The van der Waals surface area contributed by atoms with Gasteiger partial charge in [0.05, 0.1) is 11.5 Å². The molecule has 70 valence electrons. The van der Waals surface area contributed by atoms with Gasteiger partial charge in [-0.1, -0.05) is 19.9 Å². The number of nitrogens with zero attached hydrogens (tertiary/aromatic N) is 1. The molecule has 0 aromatic carbocycles. The number of aromatic nitrogens is 1. The van der Waals surface area contributed by atoms with Gasteiger partial charge in [0.25, 0.3) is 0 Å². The molecule has 13 heavy (non-hydrogen) atoms. The van der Waals surface area contributed by atoms with E-state index in [4.69, 9.17) is 0 Å². The van der Waals surface area contributed by atoms with Crippen LogP contribution in [0.2, 0.25) is 0 Å². The summed E-state index contributed by atoms with van der Waals surface area (Å²) in [4.78, 5) is 7.35. The lowest BCUT2D eigenvalue weighted by molar-refractivity contribution is 0.908. The number of nitrogens with one attached hydrogen (secondary N) is 1. The zero-order valence-electron chi connectivity index (χ0n) is 8.41. The molecule has 0 saturated carbocycles. The summed E-state index contributed by atoms with van der Waals surface area (Å²) in [5.74, 6) is 0.500. The highest BCUT2D eigenvalue weighted by Gasteiger charge is 1.84. The fraction of sp³-hybridized carbons (Fsp3) is 0.364. The summed E-state index contributed by atoms with van der Waals surface area (Å²) in [6.45, 7) is 6.24. The lowest BCUT2D eigenvalue weighted by Gasteiger charge is -1.87. The molecule has 1 aromatic heterocycles. The summed E-state index contributed by atoms with van der Waals surface area (Å²) < 4.78 is 0. The van der Waals surface area contributed by atoms with Crippen molar-refractivity contribution >= 4 is 18.5 Å². The van der Waals surface area contributed by atoms with Crippen LogP contribution >= 0.6 is 0 Å². The van der Waals surface area contributed by atoms with Crippen LogP contribution in [0.1, 0.15) is 20.8 Å². The Balaban J connectivity index is 2.95. The van der Waals surface area contributed by atoms with Crippen molar-refractivity contribution in [3.63, 3.8) is 0 Å². The van der Waals surface area contributed by atoms with Crippen LogP contribution in [-0.2, 0) is 0 Å². The molecular weight excluding hydrogens is 160 g/mol. The molecule has 0 amide bonds. The van der Waals surface area contributed by atoms with Crippen LogP contribution in [-0.4, -0.2) is 11.2 Å². The minimum atomic E-state index is 0.500. The van der Waals surface area contributed by atoms with E-state index in [0.29, 0.717) is 5.92 Å². The molecular formula is C11H16N2. The molecule has 1 heterocycles. The molecule has 1 rings (SSSR count). The lowest BCUT2D eigenvalue weighted by Crippen LogP contribution is -2.21. The van der Waals surface area contributed by atoms with Crippen LogP contribution in [0.25, 0.3) is 12.3 Å². The van der Waals surface area contributed by atoms with Gasteiger partial charge in [-0.15, -0.1) is 0 Å². The predicted octanol–water partition coefficient (Wildman–Crippen LogP) is 1.28. The van der Waals surface area contributed by atoms with Crippen molar-refractivity contribution < 1.29 is 0 Å². The summed E-state index contributed by atoms with van der Waals surface area (Å²) >= 11 is 0. The van der Waals surface area contributed by atoms with Crippen LogP contribution in [0.15, 0.2) is 17.3 Å². The fourth-order valence-corrected chi connectivity index (χ4v) is 1.05. The Kier molecular flexibility index (Phi) is 3.50. The van der Waals surface area contributed by atoms with Gasteiger partial charge < -0.3 is 4.98 Å². The van der Waals surface area contributed by atoms with Crippen molar-refractivity contribution in [1.82, 2.24) is 4.98 Å². The van der Waals surface area contributed by atoms with E-state index in [1.165, 1.54) is 5.22 Å². The average Bonchev–Trinajstić information content (AvgIpc) is 2.51. The molecule has 0 radical (unpaired) electrons. The molecule has 1 aromatic rings. The van der Waals surface area contributed by atoms with Crippen molar-refractivity contribution in [2.75, 3.05) is 0 Å². The Bertz CT molecular complexity index is 382. The third kappa shape index (κ3) is 2.90. The first-order valence-electron chi connectivity index (χ1n) is 4.57. The van der Waals surface area contributed by atoms with Crippen molar-refractivity contribution in [3.05, 3.63) is 22.8 Å². The first-order valence-corrected chi connectivity index (χ1v) is 4.57. The minimum Gasteiger partial charge on any atom is -0.360 e. The molecule has 0 unspecified atom stereocenters. The zero-order valence-corrected chi connectivity index (χ0v) is 8.41. The topological polar surface area (TPSA) is 28.1 Å². The van der Waals surface area contributed by atoms with Crippen molar-refractivity contribution in [1.29, 1.82) is 0 Å². The van der Waals surface area contributed by atoms with Gasteiger partial charge in [-0.25, -0.2) is 0 Å². The molecule has 0 fully saturated rings. The average molecular weight is 176 g/mol. The third-order valence-corrected chi connectivity index (χ3v) is 1.71. The summed E-state index contributed by atoms with van der Waals surface area (Å²) in [6.07, 6.45) is 7.77. The Hall–Kier alpha value is -1.31. The second kappa shape index (κ2) is 4.65. The molecule has 0 aliphatic rings. The van der Waals surface area contributed by atoms with Crippen LogP contribution in [0.4, 0.5) is 0 Å². The highest BCUT2D eigenvalue weighted by atomic mass is 14.7. The van der Waals surface area contributed by atoms with Gasteiger partial charge in [0.2, 0.25) is 0 Å². The highest BCUT2D eigenvalue weighted by molar-refractivity contribution is 5.63. The van der Waals surface area contributed by atoms with E-state index < -0.39 is 0 Å². The molecule has 1 N–H and O–H groups in total. The number of aliphatic imine (C=N–C) groups is 1. The van der Waals surface area contributed by atoms with E-state index in [9.17, 15) is 0 Å². The first-order chi connectivity index (χ1) is 6.24. The Morgan fingerprint density at radius 3 is 2.85 bits per heavy atom. The van der Waals surface area contributed by atoms with Gasteiger partial charge in [0.15, 0.2) is 0 Å². The second-order valence-electron chi connectivity index (χ2n) is 3.31. The molecule has 0 atom stereocenters. The van der Waals surface area contributed by atoms with Gasteiger partial charge in [0, 0.05) is 12.4 Å². The number of H-pyrrole nitrogens is 1. The molecule has 0 spiro atoms. The Morgan fingerprint density at radius 1 is 1.46 bits per heavy atom. The normalized spacial score (nSPS) is 15.1. The molecule has 0 aliphatic carbocycles. The van der Waals surface area contributed by atoms with Gasteiger partial charge in [-0.2, -0.15) is 0 Å². The van der Waals surface area contributed by atoms with Crippen molar-refractivity contribution in [3.8, 4) is 0 Å². The quantitative estimate of drug-likeness (QED) is 0.658.